The van der Waals surface area contributed by atoms with Gasteiger partial charge in [0.15, 0.2) is 0 Å². The molecule has 2 rings (SSSR count). The molecule has 0 saturated heterocycles. The van der Waals surface area contributed by atoms with E-state index in [-0.39, 0.29) is 12.5 Å². The van der Waals surface area contributed by atoms with Gasteiger partial charge in [-0.1, -0.05) is 30.3 Å². The SMILES string of the molecule is CC(OCc1ccccc1)C(=O)N(CCO)C1CC1. The lowest BCUT2D eigenvalue weighted by atomic mass is 10.2. The van der Waals surface area contributed by atoms with Gasteiger partial charge in [-0.15, -0.1) is 0 Å². The number of carbonyl (C=O) groups excluding carboxylic acids is 1. The normalized spacial score (nSPS) is 16.1. The first-order chi connectivity index (χ1) is 9.22. The van der Waals surface area contributed by atoms with Crippen LogP contribution in [0.15, 0.2) is 30.3 Å². The minimum atomic E-state index is -0.465. The van der Waals surface area contributed by atoms with Crippen LogP contribution in [0.3, 0.4) is 0 Å². The lowest BCUT2D eigenvalue weighted by Crippen LogP contribution is -2.42. The zero-order valence-electron chi connectivity index (χ0n) is 11.3. The molecule has 4 nitrogen and oxygen atoms in total. The summed E-state index contributed by atoms with van der Waals surface area (Å²) in [5, 5.41) is 9.02. The van der Waals surface area contributed by atoms with E-state index in [0.717, 1.165) is 18.4 Å². The fraction of sp³-hybridized carbons (Fsp3) is 0.533. The van der Waals surface area contributed by atoms with Crippen LogP contribution in [0, 0.1) is 0 Å². The Bertz CT molecular complexity index is 403. The van der Waals surface area contributed by atoms with Crippen LogP contribution in [-0.2, 0) is 16.1 Å². The monoisotopic (exact) mass is 263 g/mol. The third kappa shape index (κ3) is 4.04. The first kappa shape index (κ1) is 14.0. The summed E-state index contributed by atoms with van der Waals surface area (Å²) in [7, 11) is 0. The van der Waals surface area contributed by atoms with Crippen molar-refractivity contribution < 1.29 is 14.6 Å². The van der Waals surface area contributed by atoms with Crippen LogP contribution in [0.1, 0.15) is 25.3 Å². The van der Waals surface area contributed by atoms with E-state index in [9.17, 15) is 4.79 Å². The number of nitrogens with zero attached hydrogens (tertiary/aromatic N) is 1. The van der Waals surface area contributed by atoms with Crippen molar-refractivity contribution in [3.63, 3.8) is 0 Å². The Kier molecular flexibility index (Phi) is 4.93. The van der Waals surface area contributed by atoms with Gasteiger partial charge in [0.2, 0.25) is 0 Å². The molecule has 1 aliphatic rings. The second kappa shape index (κ2) is 6.68. The first-order valence-corrected chi connectivity index (χ1v) is 6.79. The number of aliphatic hydroxyl groups is 1. The molecule has 1 fully saturated rings. The standard InChI is InChI=1S/C15H21NO3/c1-12(19-11-13-5-3-2-4-6-13)15(18)16(9-10-17)14-7-8-14/h2-6,12,14,17H,7-11H2,1H3. The second-order valence-corrected chi connectivity index (χ2v) is 4.93. The molecule has 0 aromatic heterocycles. The Labute approximate surface area is 114 Å². The number of rotatable bonds is 7. The Morgan fingerprint density at radius 1 is 1.42 bits per heavy atom. The van der Waals surface area contributed by atoms with Crippen molar-refractivity contribution in [1.82, 2.24) is 4.90 Å². The van der Waals surface area contributed by atoms with Gasteiger partial charge in [-0.3, -0.25) is 4.79 Å². The van der Waals surface area contributed by atoms with E-state index in [1.165, 1.54) is 0 Å². The maximum Gasteiger partial charge on any atom is 0.251 e. The quantitative estimate of drug-likeness (QED) is 0.812. The number of amides is 1. The molecule has 1 saturated carbocycles. The van der Waals surface area contributed by atoms with Gasteiger partial charge in [-0.2, -0.15) is 0 Å². The van der Waals surface area contributed by atoms with E-state index < -0.39 is 6.10 Å². The highest BCUT2D eigenvalue weighted by molar-refractivity contribution is 5.81. The van der Waals surface area contributed by atoms with Crippen LogP contribution in [0.25, 0.3) is 0 Å². The highest BCUT2D eigenvalue weighted by Gasteiger charge is 2.34. The van der Waals surface area contributed by atoms with Gasteiger partial charge in [-0.25, -0.2) is 0 Å². The molecule has 104 valence electrons. The van der Waals surface area contributed by atoms with Crippen molar-refractivity contribution >= 4 is 5.91 Å². The molecule has 1 N–H and O–H groups in total. The van der Waals surface area contributed by atoms with Crippen molar-refractivity contribution in [2.75, 3.05) is 13.2 Å². The Hall–Kier alpha value is -1.39. The summed E-state index contributed by atoms with van der Waals surface area (Å²) in [6, 6.07) is 10.1. The van der Waals surface area contributed by atoms with Crippen LogP contribution < -0.4 is 0 Å². The summed E-state index contributed by atoms with van der Waals surface area (Å²) >= 11 is 0. The van der Waals surface area contributed by atoms with Crippen molar-refractivity contribution in [3.8, 4) is 0 Å². The molecule has 1 amide bonds. The minimum absolute atomic E-state index is 0.00758. The van der Waals surface area contributed by atoms with Gasteiger partial charge < -0.3 is 14.7 Å². The van der Waals surface area contributed by atoms with E-state index >= 15 is 0 Å². The zero-order valence-corrected chi connectivity index (χ0v) is 11.3. The summed E-state index contributed by atoms with van der Waals surface area (Å²) in [5.74, 6) is -0.0209. The highest BCUT2D eigenvalue weighted by Crippen LogP contribution is 2.27. The van der Waals surface area contributed by atoms with Gasteiger partial charge in [0, 0.05) is 12.6 Å². The van der Waals surface area contributed by atoms with Crippen LogP contribution >= 0.6 is 0 Å². The fourth-order valence-corrected chi connectivity index (χ4v) is 2.07. The third-order valence-corrected chi connectivity index (χ3v) is 3.30. The predicted octanol–water partition coefficient (Wildman–Crippen LogP) is 1.57. The molecular formula is C15H21NO3. The van der Waals surface area contributed by atoms with Gasteiger partial charge in [0.1, 0.15) is 6.10 Å². The number of ether oxygens (including phenoxy) is 1. The van der Waals surface area contributed by atoms with Crippen LogP contribution in [-0.4, -0.2) is 41.2 Å². The van der Waals surface area contributed by atoms with Crippen LogP contribution in [0.4, 0.5) is 0 Å². The van der Waals surface area contributed by atoms with E-state index in [1.54, 1.807) is 11.8 Å². The molecule has 0 bridgehead atoms. The topological polar surface area (TPSA) is 49.8 Å². The van der Waals surface area contributed by atoms with E-state index in [4.69, 9.17) is 9.84 Å². The Morgan fingerprint density at radius 3 is 2.68 bits per heavy atom. The minimum Gasteiger partial charge on any atom is -0.395 e. The summed E-state index contributed by atoms with van der Waals surface area (Å²) in [6.45, 7) is 2.62. The molecule has 19 heavy (non-hydrogen) atoms. The Morgan fingerprint density at radius 2 is 2.11 bits per heavy atom. The van der Waals surface area contributed by atoms with Crippen LogP contribution in [0.5, 0.6) is 0 Å². The number of benzene rings is 1. The zero-order chi connectivity index (χ0) is 13.7. The molecule has 1 aromatic carbocycles. The number of hydrogen-bond acceptors (Lipinski definition) is 3. The van der Waals surface area contributed by atoms with Crippen molar-refractivity contribution in [2.45, 2.75) is 38.5 Å². The van der Waals surface area contributed by atoms with E-state index in [2.05, 4.69) is 0 Å². The number of aliphatic hydroxyl groups excluding tert-OH is 1. The fourth-order valence-electron chi connectivity index (χ4n) is 2.07. The third-order valence-electron chi connectivity index (χ3n) is 3.30. The van der Waals surface area contributed by atoms with Gasteiger partial charge >= 0.3 is 0 Å². The second-order valence-electron chi connectivity index (χ2n) is 4.93. The lowest BCUT2D eigenvalue weighted by Gasteiger charge is -2.25. The molecule has 0 radical (unpaired) electrons. The van der Waals surface area contributed by atoms with Crippen LogP contribution in [0.2, 0.25) is 0 Å². The molecule has 0 aliphatic heterocycles. The largest absolute Gasteiger partial charge is 0.395 e. The first-order valence-electron chi connectivity index (χ1n) is 6.79. The molecule has 1 aliphatic carbocycles. The van der Waals surface area contributed by atoms with Gasteiger partial charge in [0.05, 0.1) is 13.2 Å². The Balaban J connectivity index is 1.84. The predicted molar refractivity (Wildman–Crippen MR) is 72.5 cm³/mol. The average molecular weight is 263 g/mol. The molecule has 0 spiro atoms. The van der Waals surface area contributed by atoms with Crippen molar-refractivity contribution in [2.24, 2.45) is 0 Å². The van der Waals surface area contributed by atoms with E-state index in [0.29, 0.717) is 19.2 Å². The highest BCUT2D eigenvalue weighted by atomic mass is 16.5. The van der Waals surface area contributed by atoms with Gasteiger partial charge in [-0.05, 0) is 25.3 Å². The summed E-state index contributed by atoms with van der Waals surface area (Å²) in [6.07, 6.45) is 1.61. The molecular weight excluding hydrogens is 242 g/mol. The number of hydrogen-bond donors (Lipinski definition) is 1. The molecule has 0 heterocycles. The summed E-state index contributed by atoms with van der Waals surface area (Å²) < 4.78 is 5.62. The molecule has 1 unspecified atom stereocenters. The molecule has 1 aromatic rings. The maximum absolute atomic E-state index is 12.2. The smallest absolute Gasteiger partial charge is 0.251 e. The lowest BCUT2D eigenvalue weighted by molar-refractivity contribution is -0.144. The number of carbonyl (C=O) groups is 1. The molecule has 4 heteroatoms. The van der Waals surface area contributed by atoms with Gasteiger partial charge in [0.25, 0.3) is 5.91 Å². The van der Waals surface area contributed by atoms with Crippen molar-refractivity contribution in [1.29, 1.82) is 0 Å². The average Bonchev–Trinajstić information content (AvgIpc) is 3.27. The summed E-state index contributed by atoms with van der Waals surface area (Å²) in [5.41, 5.74) is 1.06. The molecule has 1 atom stereocenters. The summed E-state index contributed by atoms with van der Waals surface area (Å²) in [4.78, 5) is 14.0. The maximum atomic E-state index is 12.2. The van der Waals surface area contributed by atoms with Crippen molar-refractivity contribution in [3.05, 3.63) is 35.9 Å². The van der Waals surface area contributed by atoms with E-state index in [1.807, 2.05) is 30.3 Å².